The topological polar surface area (TPSA) is 44.5 Å². The molecular formula is C9H21NO2. The minimum atomic E-state index is 0.159. The zero-order valence-corrected chi connectivity index (χ0v) is 8.38. The fourth-order valence-corrected chi connectivity index (χ4v) is 0.829. The SMILES string of the molecule is CCC(C)C(N)COCCOC. The molecule has 2 unspecified atom stereocenters. The Kier molecular flexibility index (Phi) is 7.45. The largest absolute Gasteiger partial charge is 0.382 e. The van der Waals surface area contributed by atoms with Crippen LogP contribution in [0.15, 0.2) is 0 Å². The minimum absolute atomic E-state index is 0.159. The first kappa shape index (κ1) is 11.9. The van der Waals surface area contributed by atoms with Gasteiger partial charge >= 0.3 is 0 Å². The molecule has 0 saturated carbocycles. The lowest BCUT2D eigenvalue weighted by Gasteiger charge is -2.17. The second kappa shape index (κ2) is 7.53. The molecule has 0 aromatic heterocycles. The van der Waals surface area contributed by atoms with E-state index in [0.29, 0.717) is 25.7 Å². The number of ether oxygens (including phenoxy) is 2. The monoisotopic (exact) mass is 175 g/mol. The quantitative estimate of drug-likeness (QED) is 0.588. The molecule has 0 aromatic rings. The van der Waals surface area contributed by atoms with Crippen LogP contribution in [-0.4, -0.2) is 33.0 Å². The smallest absolute Gasteiger partial charge is 0.0701 e. The first-order valence-electron chi connectivity index (χ1n) is 4.54. The van der Waals surface area contributed by atoms with E-state index in [1.54, 1.807) is 7.11 Å². The standard InChI is InChI=1S/C9H21NO2/c1-4-8(2)9(10)7-12-6-5-11-3/h8-9H,4-7,10H2,1-3H3. The van der Waals surface area contributed by atoms with Gasteiger partial charge in [-0.15, -0.1) is 0 Å². The maximum Gasteiger partial charge on any atom is 0.0701 e. The first-order chi connectivity index (χ1) is 5.72. The van der Waals surface area contributed by atoms with Crippen molar-refractivity contribution in [3.8, 4) is 0 Å². The zero-order chi connectivity index (χ0) is 9.40. The van der Waals surface area contributed by atoms with Crippen LogP contribution in [-0.2, 0) is 9.47 Å². The fourth-order valence-electron chi connectivity index (χ4n) is 0.829. The zero-order valence-electron chi connectivity index (χ0n) is 8.38. The van der Waals surface area contributed by atoms with Gasteiger partial charge in [0.1, 0.15) is 0 Å². The van der Waals surface area contributed by atoms with Gasteiger partial charge in [0.2, 0.25) is 0 Å². The Morgan fingerprint density at radius 1 is 1.33 bits per heavy atom. The molecule has 0 amide bonds. The summed E-state index contributed by atoms with van der Waals surface area (Å²) in [5.41, 5.74) is 5.84. The van der Waals surface area contributed by atoms with Crippen molar-refractivity contribution in [2.45, 2.75) is 26.3 Å². The number of methoxy groups -OCH3 is 1. The fraction of sp³-hybridized carbons (Fsp3) is 1.00. The van der Waals surface area contributed by atoms with E-state index in [9.17, 15) is 0 Å². The van der Waals surface area contributed by atoms with Crippen molar-refractivity contribution in [3.63, 3.8) is 0 Å². The average molecular weight is 175 g/mol. The van der Waals surface area contributed by atoms with Gasteiger partial charge in [0.25, 0.3) is 0 Å². The summed E-state index contributed by atoms with van der Waals surface area (Å²) in [6.45, 7) is 6.20. The van der Waals surface area contributed by atoms with E-state index in [1.165, 1.54) is 0 Å². The van der Waals surface area contributed by atoms with E-state index in [2.05, 4.69) is 13.8 Å². The summed E-state index contributed by atoms with van der Waals surface area (Å²) in [6, 6.07) is 0.159. The van der Waals surface area contributed by atoms with Crippen LogP contribution in [0.3, 0.4) is 0 Å². The Morgan fingerprint density at radius 2 is 2.00 bits per heavy atom. The van der Waals surface area contributed by atoms with Gasteiger partial charge in [0.05, 0.1) is 19.8 Å². The predicted octanol–water partition coefficient (Wildman–Crippen LogP) is 1.02. The van der Waals surface area contributed by atoms with Crippen LogP contribution >= 0.6 is 0 Å². The Hall–Kier alpha value is -0.120. The molecule has 0 aromatic carbocycles. The van der Waals surface area contributed by atoms with Crippen molar-refractivity contribution in [2.75, 3.05) is 26.9 Å². The third-order valence-corrected chi connectivity index (χ3v) is 2.12. The summed E-state index contributed by atoms with van der Waals surface area (Å²) < 4.78 is 10.2. The van der Waals surface area contributed by atoms with Gasteiger partial charge in [-0.2, -0.15) is 0 Å². The van der Waals surface area contributed by atoms with Crippen molar-refractivity contribution in [1.29, 1.82) is 0 Å². The summed E-state index contributed by atoms with van der Waals surface area (Å²) in [4.78, 5) is 0. The molecule has 0 rings (SSSR count). The third kappa shape index (κ3) is 5.52. The average Bonchev–Trinajstić information content (AvgIpc) is 2.10. The van der Waals surface area contributed by atoms with Gasteiger partial charge in [0.15, 0.2) is 0 Å². The number of nitrogens with two attached hydrogens (primary N) is 1. The lowest BCUT2D eigenvalue weighted by atomic mass is 10.0. The molecule has 12 heavy (non-hydrogen) atoms. The number of hydrogen-bond acceptors (Lipinski definition) is 3. The van der Waals surface area contributed by atoms with Gasteiger partial charge in [-0.25, -0.2) is 0 Å². The van der Waals surface area contributed by atoms with E-state index in [0.717, 1.165) is 6.42 Å². The van der Waals surface area contributed by atoms with E-state index >= 15 is 0 Å². The summed E-state index contributed by atoms with van der Waals surface area (Å²) in [5, 5.41) is 0. The van der Waals surface area contributed by atoms with Crippen molar-refractivity contribution in [3.05, 3.63) is 0 Å². The molecule has 3 heteroatoms. The molecule has 0 aliphatic heterocycles. The van der Waals surface area contributed by atoms with Gasteiger partial charge < -0.3 is 15.2 Å². The molecule has 0 spiro atoms. The minimum Gasteiger partial charge on any atom is -0.382 e. The van der Waals surface area contributed by atoms with Gasteiger partial charge in [0, 0.05) is 13.2 Å². The predicted molar refractivity (Wildman–Crippen MR) is 50.1 cm³/mol. The second-order valence-electron chi connectivity index (χ2n) is 3.12. The highest BCUT2D eigenvalue weighted by molar-refractivity contribution is 4.66. The summed E-state index contributed by atoms with van der Waals surface area (Å²) in [7, 11) is 1.66. The van der Waals surface area contributed by atoms with Crippen LogP contribution in [0, 0.1) is 5.92 Å². The molecule has 0 fully saturated rings. The molecule has 2 N–H and O–H groups in total. The van der Waals surface area contributed by atoms with Crippen LogP contribution in [0.25, 0.3) is 0 Å². The van der Waals surface area contributed by atoms with E-state index in [4.69, 9.17) is 15.2 Å². The van der Waals surface area contributed by atoms with Gasteiger partial charge in [-0.3, -0.25) is 0 Å². The molecule has 0 radical (unpaired) electrons. The van der Waals surface area contributed by atoms with Crippen LogP contribution in [0.2, 0.25) is 0 Å². The number of hydrogen-bond donors (Lipinski definition) is 1. The highest BCUT2D eigenvalue weighted by atomic mass is 16.5. The second-order valence-corrected chi connectivity index (χ2v) is 3.12. The maximum atomic E-state index is 5.84. The van der Waals surface area contributed by atoms with Crippen LogP contribution < -0.4 is 5.73 Å². The van der Waals surface area contributed by atoms with Crippen molar-refractivity contribution in [2.24, 2.45) is 11.7 Å². The van der Waals surface area contributed by atoms with E-state index in [1.807, 2.05) is 0 Å². The molecule has 3 nitrogen and oxygen atoms in total. The molecular weight excluding hydrogens is 154 g/mol. The van der Waals surface area contributed by atoms with Crippen LogP contribution in [0.1, 0.15) is 20.3 Å². The molecule has 0 saturated heterocycles. The Morgan fingerprint density at radius 3 is 2.50 bits per heavy atom. The highest BCUT2D eigenvalue weighted by Gasteiger charge is 2.09. The molecule has 74 valence electrons. The van der Waals surface area contributed by atoms with Crippen molar-refractivity contribution < 1.29 is 9.47 Å². The number of rotatable bonds is 7. The molecule has 2 atom stereocenters. The molecule has 0 heterocycles. The Balaban J connectivity index is 3.24. The summed E-state index contributed by atoms with van der Waals surface area (Å²) in [6.07, 6.45) is 1.11. The highest BCUT2D eigenvalue weighted by Crippen LogP contribution is 2.04. The summed E-state index contributed by atoms with van der Waals surface area (Å²) in [5.74, 6) is 0.535. The van der Waals surface area contributed by atoms with E-state index in [-0.39, 0.29) is 6.04 Å². The molecule has 0 aliphatic rings. The lowest BCUT2D eigenvalue weighted by Crippen LogP contribution is -2.33. The van der Waals surface area contributed by atoms with Gasteiger partial charge in [-0.05, 0) is 5.92 Å². The van der Waals surface area contributed by atoms with Crippen molar-refractivity contribution >= 4 is 0 Å². The maximum absolute atomic E-state index is 5.84. The van der Waals surface area contributed by atoms with E-state index < -0.39 is 0 Å². The Labute approximate surface area is 75.2 Å². The first-order valence-corrected chi connectivity index (χ1v) is 4.54. The summed E-state index contributed by atoms with van der Waals surface area (Å²) >= 11 is 0. The van der Waals surface area contributed by atoms with Crippen LogP contribution in [0.4, 0.5) is 0 Å². The van der Waals surface area contributed by atoms with Crippen molar-refractivity contribution in [1.82, 2.24) is 0 Å². The molecule has 0 aliphatic carbocycles. The molecule has 0 bridgehead atoms. The third-order valence-electron chi connectivity index (χ3n) is 2.12. The van der Waals surface area contributed by atoms with Crippen LogP contribution in [0.5, 0.6) is 0 Å². The normalized spacial score (nSPS) is 16.0. The van der Waals surface area contributed by atoms with Gasteiger partial charge in [-0.1, -0.05) is 20.3 Å². The lowest BCUT2D eigenvalue weighted by molar-refractivity contribution is 0.0567. The Bertz CT molecular complexity index is 98.5.